The molecule has 0 atom stereocenters. The Morgan fingerprint density at radius 2 is 2.08 bits per heavy atom. The van der Waals surface area contributed by atoms with Crippen LogP contribution < -0.4 is 5.69 Å². The Morgan fingerprint density at radius 1 is 1.38 bits per heavy atom. The zero-order valence-electron chi connectivity index (χ0n) is 6.96. The monoisotopic (exact) mass is 182 g/mol. The Balaban J connectivity index is 2.42. The van der Waals surface area contributed by atoms with Crippen molar-refractivity contribution in [3.05, 3.63) is 21.9 Å². The van der Waals surface area contributed by atoms with Gasteiger partial charge in [0.25, 0.3) is 0 Å². The van der Waals surface area contributed by atoms with Gasteiger partial charge in [-0.15, -0.1) is 0 Å². The molecule has 70 valence electrons. The summed E-state index contributed by atoms with van der Waals surface area (Å²) >= 11 is 0. The van der Waals surface area contributed by atoms with Gasteiger partial charge in [-0.1, -0.05) is 6.42 Å². The van der Waals surface area contributed by atoms with E-state index >= 15 is 0 Å². The molecule has 0 aromatic carbocycles. The number of aromatic amines is 2. The smallest absolute Gasteiger partial charge is 0.354 e. The number of H-pyrrole nitrogens is 2. The maximum atomic E-state index is 10.9. The third-order valence-electron chi connectivity index (χ3n) is 2.48. The lowest BCUT2D eigenvalue weighted by atomic mass is 9.82. The second-order valence-electron chi connectivity index (χ2n) is 3.30. The molecule has 0 spiro atoms. The highest BCUT2D eigenvalue weighted by molar-refractivity contribution is 5.86. The second-order valence-corrected chi connectivity index (χ2v) is 3.30. The molecule has 1 aromatic rings. The average Bonchev–Trinajstić information content (AvgIpc) is 2.27. The van der Waals surface area contributed by atoms with Crippen LogP contribution in [0, 0.1) is 0 Å². The van der Waals surface area contributed by atoms with Gasteiger partial charge in [0, 0.05) is 5.92 Å². The van der Waals surface area contributed by atoms with Gasteiger partial charge in [0.1, 0.15) is 5.69 Å². The molecule has 3 N–H and O–H groups in total. The molecule has 1 fully saturated rings. The van der Waals surface area contributed by atoms with Gasteiger partial charge in [0.15, 0.2) is 0 Å². The fourth-order valence-corrected chi connectivity index (χ4v) is 1.57. The average molecular weight is 182 g/mol. The molecule has 13 heavy (non-hydrogen) atoms. The first-order valence-electron chi connectivity index (χ1n) is 4.24. The molecule has 5 heteroatoms. The van der Waals surface area contributed by atoms with E-state index in [1.807, 2.05) is 0 Å². The molecular formula is C8H10N2O3. The third kappa shape index (κ3) is 1.26. The molecule has 0 bridgehead atoms. The van der Waals surface area contributed by atoms with Gasteiger partial charge in [0.05, 0.1) is 5.69 Å². The van der Waals surface area contributed by atoms with Gasteiger partial charge in [-0.25, -0.2) is 9.59 Å². The fraction of sp³-hybridized carbons (Fsp3) is 0.500. The first kappa shape index (κ1) is 8.10. The van der Waals surface area contributed by atoms with Crippen LogP contribution in [-0.2, 0) is 0 Å². The number of hydrogen-bond acceptors (Lipinski definition) is 2. The van der Waals surface area contributed by atoms with Gasteiger partial charge in [-0.2, -0.15) is 0 Å². The molecule has 1 aromatic heterocycles. The van der Waals surface area contributed by atoms with Crippen LogP contribution in [0.1, 0.15) is 41.4 Å². The quantitative estimate of drug-likeness (QED) is 0.628. The van der Waals surface area contributed by atoms with Crippen molar-refractivity contribution >= 4 is 5.97 Å². The summed E-state index contributed by atoms with van der Waals surface area (Å²) in [6, 6.07) is 0. The highest BCUT2D eigenvalue weighted by Crippen LogP contribution is 2.35. The molecule has 2 rings (SSSR count). The summed E-state index contributed by atoms with van der Waals surface area (Å²) in [6.45, 7) is 0. The van der Waals surface area contributed by atoms with Crippen LogP contribution in [0.3, 0.4) is 0 Å². The van der Waals surface area contributed by atoms with Crippen LogP contribution in [0.4, 0.5) is 0 Å². The summed E-state index contributed by atoms with van der Waals surface area (Å²) in [7, 11) is 0. The van der Waals surface area contributed by atoms with E-state index in [-0.39, 0.29) is 11.6 Å². The number of carboxylic acids is 1. The number of aromatic carboxylic acids is 1. The molecule has 0 saturated heterocycles. The second kappa shape index (κ2) is 2.76. The lowest BCUT2D eigenvalue weighted by Gasteiger charge is -2.24. The van der Waals surface area contributed by atoms with E-state index in [9.17, 15) is 9.59 Å². The van der Waals surface area contributed by atoms with Crippen molar-refractivity contribution < 1.29 is 9.90 Å². The van der Waals surface area contributed by atoms with E-state index in [2.05, 4.69) is 9.97 Å². The predicted molar refractivity (Wildman–Crippen MR) is 45.0 cm³/mol. The molecule has 1 aliphatic rings. The molecule has 0 aliphatic heterocycles. The Hall–Kier alpha value is -1.52. The van der Waals surface area contributed by atoms with Crippen LogP contribution >= 0.6 is 0 Å². The molecule has 5 nitrogen and oxygen atoms in total. The summed E-state index contributed by atoms with van der Waals surface area (Å²) < 4.78 is 0. The molecule has 1 aliphatic carbocycles. The van der Waals surface area contributed by atoms with E-state index in [1.54, 1.807) is 0 Å². The number of rotatable bonds is 2. The first-order valence-corrected chi connectivity index (χ1v) is 4.24. The fourth-order valence-electron chi connectivity index (χ4n) is 1.57. The van der Waals surface area contributed by atoms with E-state index in [4.69, 9.17) is 5.11 Å². The molecule has 1 saturated carbocycles. The number of imidazole rings is 1. The van der Waals surface area contributed by atoms with Gasteiger partial charge in [-0.05, 0) is 12.8 Å². The van der Waals surface area contributed by atoms with Crippen molar-refractivity contribution in [1.82, 2.24) is 9.97 Å². The number of nitrogens with one attached hydrogen (secondary N) is 2. The number of hydrogen-bond donors (Lipinski definition) is 3. The van der Waals surface area contributed by atoms with Crippen LogP contribution in [0.15, 0.2) is 4.79 Å². The van der Waals surface area contributed by atoms with Gasteiger partial charge in [-0.3, -0.25) is 4.98 Å². The molecule has 1 heterocycles. The Bertz CT molecular complexity index is 386. The number of aromatic nitrogens is 2. The Morgan fingerprint density at radius 3 is 2.54 bits per heavy atom. The highest BCUT2D eigenvalue weighted by atomic mass is 16.4. The minimum Gasteiger partial charge on any atom is -0.477 e. The van der Waals surface area contributed by atoms with Crippen molar-refractivity contribution in [3.8, 4) is 0 Å². The zero-order valence-corrected chi connectivity index (χ0v) is 6.96. The summed E-state index contributed by atoms with van der Waals surface area (Å²) in [5.74, 6) is -0.842. The van der Waals surface area contributed by atoms with E-state index in [0.29, 0.717) is 5.69 Å². The van der Waals surface area contributed by atoms with Crippen molar-refractivity contribution in [3.63, 3.8) is 0 Å². The van der Waals surface area contributed by atoms with Crippen molar-refractivity contribution in [1.29, 1.82) is 0 Å². The number of carbonyl (C=O) groups is 1. The number of carboxylic acid groups (broad SMARTS) is 1. The first-order chi connectivity index (χ1) is 6.18. The van der Waals surface area contributed by atoms with Crippen molar-refractivity contribution in [2.45, 2.75) is 25.2 Å². The minimum absolute atomic E-state index is 0.0229. The SMILES string of the molecule is O=C(O)c1[nH]c(=O)[nH]c1C1CCC1. The third-order valence-corrected chi connectivity index (χ3v) is 2.48. The van der Waals surface area contributed by atoms with E-state index in [0.717, 1.165) is 19.3 Å². The maximum Gasteiger partial charge on any atom is 0.354 e. The Kier molecular flexibility index (Phi) is 1.72. The van der Waals surface area contributed by atoms with Gasteiger partial charge in [0.2, 0.25) is 0 Å². The highest BCUT2D eigenvalue weighted by Gasteiger charge is 2.26. The van der Waals surface area contributed by atoms with Gasteiger partial charge >= 0.3 is 11.7 Å². The molecule has 0 amide bonds. The molecular weight excluding hydrogens is 172 g/mol. The standard InChI is InChI=1S/C8H10N2O3/c11-7(12)6-5(4-2-1-3-4)9-8(13)10-6/h4H,1-3H2,(H,11,12)(H2,9,10,13). The Labute approximate surface area is 73.8 Å². The van der Waals surface area contributed by atoms with Crippen LogP contribution in [0.5, 0.6) is 0 Å². The summed E-state index contributed by atoms with van der Waals surface area (Å²) in [6.07, 6.45) is 3.04. The van der Waals surface area contributed by atoms with Gasteiger partial charge < -0.3 is 10.1 Å². The molecule has 0 radical (unpaired) electrons. The topological polar surface area (TPSA) is 85.9 Å². The normalized spacial score (nSPS) is 16.9. The van der Waals surface area contributed by atoms with E-state index < -0.39 is 11.7 Å². The minimum atomic E-state index is -1.07. The summed E-state index contributed by atoms with van der Waals surface area (Å²) in [5.41, 5.74) is 0.151. The van der Waals surface area contributed by atoms with Crippen LogP contribution in [-0.4, -0.2) is 21.0 Å². The van der Waals surface area contributed by atoms with Crippen molar-refractivity contribution in [2.24, 2.45) is 0 Å². The maximum absolute atomic E-state index is 10.9. The van der Waals surface area contributed by atoms with Crippen LogP contribution in [0.2, 0.25) is 0 Å². The lowest BCUT2D eigenvalue weighted by Crippen LogP contribution is -2.13. The zero-order chi connectivity index (χ0) is 9.42. The summed E-state index contributed by atoms with van der Waals surface area (Å²) in [4.78, 5) is 26.4. The largest absolute Gasteiger partial charge is 0.477 e. The molecule has 0 unspecified atom stereocenters. The van der Waals surface area contributed by atoms with E-state index in [1.165, 1.54) is 0 Å². The summed E-state index contributed by atoms with van der Waals surface area (Å²) in [5, 5.41) is 8.76. The van der Waals surface area contributed by atoms with Crippen LogP contribution in [0.25, 0.3) is 0 Å². The van der Waals surface area contributed by atoms with Crippen molar-refractivity contribution in [2.75, 3.05) is 0 Å². The predicted octanol–water partition coefficient (Wildman–Crippen LogP) is 0.669. The lowest BCUT2D eigenvalue weighted by molar-refractivity contribution is 0.0688.